The van der Waals surface area contributed by atoms with Gasteiger partial charge in [-0.2, -0.15) is 0 Å². The lowest BCUT2D eigenvalue weighted by Gasteiger charge is -2.18. The normalized spacial score (nSPS) is 13.4. The number of rotatable bonds is 43. The van der Waals surface area contributed by atoms with Gasteiger partial charge in [0.05, 0.1) is 6.61 Å². The first-order valence-corrected chi connectivity index (χ1v) is 24.7. The van der Waals surface area contributed by atoms with Gasteiger partial charge in [0.25, 0.3) is 0 Å². The molecule has 0 heterocycles. The van der Waals surface area contributed by atoms with Gasteiger partial charge in [0.2, 0.25) is 0 Å². The Morgan fingerprint density at radius 2 is 0.758 bits per heavy atom. The second-order valence-electron chi connectivity index (χ2n) is 15.6. The maximum atomic E-state index is 12.8. The molecule has 0 bridgehead atoms. The molecular formula is C57H90O5. The molecule has 0 rings (SSSR count). The van der Waals surface area contributed by atoms with Crippen LogP contribution in [-0.2, 0) is 23.8 Å². The average molecular weight is 855 g/mol. The predicted molar refractivity (Wildman–Crippen MR) is 269 cm³/mol. The zero-order chi connectivity index (χ0) is 44.9. The van der Waals surface area contributed by atoms with E-state index in [4.69, 9.17) is 14.2 Å². The largest absolute Gasteiger partial charge is 0.462 e. The molecule has 1 atom stereocenters. The molecule has 0 aromatic rings. The number of carbonyl (C=O) groups is 2. The average Bonchev–Trinajstić information content (AvgIpc) is 3.27. The Morgan fingerprint density at radius 3 is 1.23 bits per heavy atom. The molecule has 62 heavy (non-hydrogen) atoms. The molecule has 0 radical (unpaired) electrons. The molecule has 0 aliphatic carbocycles. The van der Waals surface area contributed by atoms with Crippen molar-refractivity contribution in [2.75, 3.05) is 19.8 Å². The number of carbonyl (C=O) groups excluding carboxylic acids is 2. The summed E-state index contributed by atoms with van der Waals surface area (Å²) in [7, 11) is 0. The van der Waals surface area contributed by atoms with Gasteiger partial charge in [0.15, 0.2) is 6.10 Å². The third kappa shape index (κ3) is 48.7. The Hall–Kier alpha value is -3.96. The summed E-state index contributed by atoms with van der Waals surface area (Å²) in [6.45, 7) is 7.37. The Kier molecular flexibility index (Phi) is 48.1. The zero-order valence-corrected chi connectivity index (χ0v) is 39.8. The van der Waals surface area contributed by atoms with Crippen LogP contribution in [0.1, 0.15) is 188 Å². The number of hydrogen-bond acceptors (Lipinski definition) is 5. The molecule has 5 heteroatoms. The van der Waals surface area contributed by atoms with Crippen molar-refractivity contribution in [2.24, 2.45) is 0 Å². The second kappa shape index (κ2) is 51.4. The first kappa shape index (κ1) is 58.0. The third-order valence-corrected chi connectivity index (χ3v) is 9.65. The van der Waals surface area contributed by atoms with Crippen LogP contribution < -0.4 is 0 Å². The maximum absolute atomic E-state index is 12.8. The molecule has 348 valence electrons. The lowest BCUT2D eigenvalue weighted by atomic mass is 10.1. The van der Waals surface area contributed by atoms with Crippen molar-refractivity contribution >= 4 is 11.9 Å². The highest BCUT2D eigenvalue weighted by Gasteiger charge is 2.17. The van der Waals surface area contributed by atoms with Crippen molar-refractivity contribution in [1.29, 1.82) is 0 Å². The van der Waals surface area contributed by atoms with Crippen molar-refractivity contribution in [3.63, 3.8) is 0 Å². The highest BCUT2D eigenvalue weighted by atomic mass is 16.6. The Morgan fingerprint density at radius 1 is 0.371 bits per heavy atom. The van der Waals surface area contributed by atoms with Crippen LogP contribution in [0.5, 0.6) is 0 Å². The summed E-state index contributed by atoms with van der Waals surface area (Å²) in [4.78, 5) is 25.3. The Balaban J connectivity index is 4.47. The van der Waals surface area contributed by atoms with E-state index in [0.29, 0.717) is 19.4 Å². The van der Waals surface area contributed by atoms with E-state index in [1.165, 1.54) is 38.5 Å². The van der Waals surface area contributed by atoms with Gasteiger partial charge in [-0.3, -0.25) is 9.59 Å². The second-order valence-corrected chi connectivity index (χ2v) is 15.6. The van der Waals surface area contributed by atoms with E-state index in [-0.39, 0.29) is 31.6 Å². The summed E-state index contributed by atoms with van der Waals surface area (Å²) in [6.07, 6.45) is 73.3. The standard InChI is InChI=1S/C57H90O5/c1-4-7-10-13-16-19-22-25-27-28-29-30-31-33-35-38-41-44-47-50-56(58)61-54-55(53-60-52-49-46-43-40-37-34-26-23-20-17-14-11-8-5-2)62-57(59)51-48-45-42-39-36-32-24-21-18-15-12-9-6-3/h7,9-12,14,16,18-21,23,25,27,29-30,32-33,35-36,41,44,55H,4-6,8,13,15,17,22,24,26,28,31,34,37-40,42-43,45-54H2,1-3H3/b10-7-,12-9-,14-11-,19-16-,21-18-,23-20-,27-25-,30-29-,35-33-,36-32-,44-41-. The number of unbranched alkanes of at least 4 members (excludes halogenated alkanes) is 10. The van der Waals surface area contributed by atoms with Crippen molar-refractivity contribution in [3.8, 4) is 0 Å². The molecule has 1 unspecified atom stereocenters. The van der Waals surface area contributed by atoms with Crippen LogP contribution in [0.2, 0.25) is 0 Å². The minimum absolute atomic E-state index is 0.0198. The molecule has 5 nitrogen and oxygen atoms in total. The predicted octanol–water partition coefficient (Wildman–Crippen LogP) is 16.8. The highest BCUT2D eigenvalue weighted by Crippen LogP contribution is 2.11. The zero-order valence-electron chi connectivity index (χ0n) is 39.8. The van der Waals surface area contributed by atoms with Crippen molar-refractivity contribution in [1.82, 2.24) is 0 Å². The molecule has 0 fully saturated rings. The highest BCUT2D eigenvalue weighted by molar-refractivity contribution is 5.70. The van der Waals surface area contributed by atoms with Crippen LogP contribution in [0, 0.1) is 0 Å². The molecule has 0 saturated carbocycles. The van der Waals surface area contributed by atoms with Gasteiger partial charge in [-0.05, 0) is 116 Å². The van der Waals surface area contributed by atoms with Crippen LogP contribution in [0.25, 0.3) is 0 Å². The summed E-state index contributed by atoms with van der Waals surface area (Å²) in [5, 5.41) is 0. The van der Waals surface area contributed by atoms with E-state index < -0.39 is 6.10 Å². The van der Waals surface area contributed by atoms with E-state index in [9.17, 15) is 9.59 Å². The molecule has 0 aliphatic heterocycles. The molecule has 0 aromatic heterocycles. The number of esters is 2. The minimum atomic E-state index is -0.596. The van der Waals surface area contributed by atoms with Crippen molar-refractivity contribution in [2.45, 2.75) is 194 Å². The molecular weight excluding hydrogens is 765 g/mol. The maximum Gasteiger partial charge on any atom is 0.306 e. The molecule has 0 aromatic carbocycles. The van der Waals surface area contributed by atoms with E-state index in [1.54, 1.807) is 0 Å². The monoisotopic (exact) mass is 855 g/mol. The van der Waals surface area contributed by atoms with Gasteiger partial charge in [-0.15, -0.1) is 0 Å². The van der Waals surface area contributed by atoms with Crippen LogP contribution in [0.15, 0.2) is 134 Å². The van der Waals surface area contributed by atoms with E-state index in [2.05, 4.69) is 148 Å². The minimum Gasteiger partial charge on any atom is -0.462 e. The van der Waals surface area contributed by atoms with Crippen molar-refractivity contribution in [3.05, 3.63) is 134 Å². The molecule has 0 N–H and O–H groups in total. The number of allylic oxidation sites excluding steroid dienone is 22. The van der Waals surface area contributed by atoms with Gasteiger partial charge < -0.3 is 14.2 Å². The van der Waals surface area contributed by atoms with Crippen LogP contribution in [0.4, 0.5) is 0 Å². The van der Waals surface area contributed by atoms with Gasteiger partial charge in [0.1, 0.15) is 6.61 Å². The molecule has 0 saturated heterocycles. The fraction of sp³-hybridized carbons (Fsp3) is 0.579. The third-order valence-electron chi connectivity index (χ3n) is 9.65. The smallest absolute Gasteiger partial charge is 0.306 e. The first-order chi connectivity index (χ1) is 30.6. The van der Waals surface area contributed by atoms with Crippen LogP contribution >= 0.6 is 0 Å². The number of ether oxygens (including phenoxy) is 3. The fourth-order valence-electron chi connectivity index (χ4n) is 6.06. The fourth-order valence-corrected chi connectivity index (χ4v) is 6.06. The molecule has 0 spiro atoms. The Labute approximate surface area is 381 Å². The summed E-state index contributed by atoms with van der Waals surface area (Å²) < 4.78 is 17.3. The van der Waals surface area contributed by atoms with Gasteiger partial charge in [0, 0.05) is 19.4 Å². The van der Waals surface area contributed by atoms with E-state index in [1.807, 2.05) is 6.08 Å². The van der Waals surface area contributed by atoms with Crippen molar-refractivity contribution < 1.29 is 23.8 Å². The van der Waals surface area contributed by atoms with Gasteiger partial charge in [-0.25, -0.2) is 0 Å². The van der Waals surface area contributed by atoms with Gasteiger partial charge in [-0.1, -0.05) is 193 Å². The lowest BCUT2D eigenvalue weighted by Crippen LogP contribution is -2.30. The van der Waals surface area contributed by atoms with Crippen LogP contribution in [0.3, 0.4) is 0 Å². The SMILES string of the molecule is CC/C=C\C/C=C\C/C=C\C/C=C\C/C=C\C/C=C\CCC(=O)OCC(COCCCCCCCC/C=C\C/C=C\CCC)OC(=O)CCCCC/C=C\C/C=C\C/C=C\CC. The lowest BCUT2D eigenvalue weighted by molar-refractivity contribution is -0.162. The molecule has 0 amide bonds. The van der Waals surface area contributed by atoms with E-state index >= 15 is 0 Å². The summed E-state index contributed by atoms with van der Waals surface area (Å²) in [5.41, 5.74) is 0. The summed E-state index contributed by atoms with van der Waals surface area (Å²) in [6, 6.07) is 0. The number of hydrogen-bond donors (Lipinski definition) is 0. The van der Waals surface area contributed by atoms with Crippen LogP contribution in [-0.4, -0.2) is 37.9 Å². The summed E-state index contributed by atoms with van der Waals surface area (Å²) in [5.74, 6) is -0.546. The van der Waals surface area contributed by atoms with E-state index in [0.717, 1.165) is 109 Å². The molecule has 0 aliphatic rings. The first-order valence-electron chi connectivity index (χ1n) is 24.7. The van der Waals surface area contributed by atoms with Gasteiger partial charge >= 0.3 is 11.9 Å². The topological polar surface area (TPSA) is 61.8 Å². The quantitative estimate of drug-likeness (QED) is 0.0347. The summed E-state index contributed by atoms with van der Waals surface area (Å²) >= 11 is 0. The Bertz CT molecular complexity index is 1330.